The Morgan fingerprint density at radius 3 is 2.59 bits per heavy atom. The van der Waals surface area contributed by atoms with Gasteiger partial charge in [0.25, 0.3) is 5.56 Å². The van der Waals surface area contributed by atoms with Crippen LogP contribution >= 0.6 is 11.6 Å². The number of methoxy groups -OCH3 is 1. The number of hydrogen-bond donors (Lipinski definition) is 1. The van der Waals surface area contributed by atoms with Crippen molar-refractivity contribution in [3.8, 4) is 0 Å². The SMILES string of the molecule is COC(=O)c1ccc2c(=O)[nH]c(CN3CCN(C(=O)Cc4ccccc4Cl)CC3)nc2c1. The number of nitrogens with zero attached hydrogens (tertiary/aromatic N) is 3. The van der Waals surface area contributed by atoms with Crippen LogP contribution in [0.25, 0.3) is 10.9 Å². The predicted octanol–water partition coefficient (Wildman–Crippen LogP) is 2.25. The second-order valence-electron chi connectivity index (χ2n) is 7.66. The number of benzene rings is 2. The number of H-pyrrole nitrogens is 1. The number of rotatable bonds is 5. The van der Waals surface area contributed by atoms with Gasteiger partial charge in [0.05, 0.1) is 36.5 Å². The standard InChI is InChI=1S/C23H23ClN4O4/c1-32-23(31)16-6-7-17-19(12-16)25-20(26-22(17)30)14-27-8-10-28(11-9-27)21(29)13-15-4-2-3-5-18(15)24/h2-7,12H,8-11,13-14H2,1H3,(H,25,26,30). The summed E-state index contributed by atoms with van der Waals surface area (Å²) in [5.41, 5.74) is 1.36. The molecule has 1 aromatic heterocycles. The number of carbonyl (C=O) groups is 2. The summed E-state index contributed by atoms with van der Waals surface area (Å²) < 4.78 is 4.74. The van der Waals surface area contributed by atoms with Crippen LogP contribution in [0.1, 0.15) is 21.7 Å². The molecule has 3 aromatic rings. The van der Waals surface area contributed by atoms with Gasteiger partial charge in [-0.15, -0.1) is 0 Å². The second-order valence-corrected chi connectivity index (χ2v) is 8.07. The van der Waals surface area contributed by atoms with E-state index in [0.29, 0.717) is 60.0 Å². The summed E-state index contributed by atoms with van der Waals surface area (Å²) in [6.45, 7) is 2.96. The molecule has 8 nitrogen and oxygen atoms in total. The van der Waals surface area contributed by atoms with Crippen LogP contribution in [-0.2, 0) is 22.5 Å². The van der Waals surface area contributed by atoms with E-state index in [1.54, 1.807) is 24.3 Å². The lowest BCUT2D eigenvalue weighted by molar-refractivity contribution is -0.132. The fraction of sp³-hybridized carbons (Fsp3) is 0.304. The first-order chi connectivity index (χ1) is 15.4. The van der Waals surface area contributed by atoms with E-state index in [1.165, 1.54) is 7.11 Å². The zero-order chi connectivity index (χ0) is 22.7. The summed E-state index contributed by atoms with van der Waals surface area (Å²) in [6.07, 6.45) is 0.280. The lowest BCUT2D eigenvalue weighted by atomic mass is 10.1. The molecule has 1 N–H and O–H groups in total. The van der Waals surface area contributed by atoms with Gasteiger partial charge < -0.3 is 14.6 Å². The first-order valence-electron chi connectivity index (χ1n) is 10.3. The third-order valence-electron chi connectivity index (χ3n) is 5.57. The maximum absolute atomic E-state index is 12.6. The Morgan fingerprint density at radius 1 is 1.12 bits per heavy atom. The number of esters is 1. The summed E-state index contributed by atoms with van der Waals surface area (Å²) in [7, 11) is 1.31. The third kappa shape index (κ3) is 4.81. The van der Waals surface area contributed by atoms with Crippen molar-refractivity contribution in [3.05, 3.63) is 74.8 Å². The molecule has 0 radical (unpaired) electrons. The molecule has 2 aromatic carbocycles. The van der Waals surface area contributed by atoms with Gasteiger partial charge in [-0.25, -0.2) is 9.78 Å². The number of amides is 1. The van der Waals surface area contributed by atoms with Gasteiger partial charge in [0, 0.05) is 31.2 Å². The fourth-order valence-electron chi connectivity index (χ4n) is 3.79. The molecule has 166 valence electrons. The molecule has 0 atom stereocenters. The smallest absolute Gasteiger partial charge is 0.337 e. The summed E-state index contributed by atoms with van der Waals surface area (Å²) in [5.74, 6) is 0.0822. The molecule has 1 amide bonds. The Hall–Kier alpha value is -3.23. The Morgan fingerprint density at radius 2 is 1.88 bits per heavy atom. The Kier molecular flexibility index (Phi) is 6.53. The number of aromatic nitrogens is 2. The molecule has 1 fully saturated rings. The van der Waals surface area contributed by atoms with Gasteiger partial charge in [-0.05, 0) is 29.8 Å². The molecule has 32 heavy (non-hydrogen) atoms. The van der Waals surface area contributed by atoms with Gasteiger partial charge in [0.1, 0.15) is 5.82 Å². The molecule has 9 heteroatoms. The normalized spacial score (nSPS) is 14.5. The van der Waals surface area contributed by atoms with Crippen LogP contribution in [0.4, 0.5) is 0 Å². The molecule has 0 aliphatic carbocycles. The first-order valence-corrected chi connectivity index (χ1v) is 10.7. The summed E-state index contributed by atoms with van der Waals surface area (Å²) in [6, 6.07) is 12.0. The molecule has 1 saturated heterocycles. The van der Waals surface area contributed by atoms with Gasteiger partial charge in [0.15, 0.2) is 0 Å². The minimum atomic E-state index is -0.479. The van der Waals surface area contributed by atoms with Crippen LogP contribution in [0.2, 0.25) is 5.02 Å². The molecular weight excluding hydrogens is 432 g/mol. The number of halogens is 1. The van der Waals surface area contributed by atoms with Crippen molar-refractivity contribution in [1.29, 1.82) is 0 Å². The molecule has 0 bridgehead atoms. The Balaban J connectivity index is 1.40. The molecule has 0 saturated carbocycles. The Labute approximate surface area is 189 Å². The van der Waals surface area contributed by atoms with Crippen LogP contribution in [0, 0.1) is 0 Å². The zero-order valence-corrected chi connectivity index (χ0v) is 18.4. The zero-order valence-electron chi connectivity index (χ0n) is 17.6. The van der Waals surface area contributed by atoms with E-state index in [0.717, 1.165) is 5.56 Å². The lowest BCUT2D eigenvalue weighted by Gasteiger charge is -2.34. The molecule has 1 aliphatic heterocycles. The van der Waals surface area contributed by atoms with E-state index in [2.05, 4.69) is 14.9 Å². The highest BCUT2D eigenvalue weighted by molar-refractivity contribution is 6.31. The summed E-state index contributed by atoms with van der Waals surface area (Å²) >= 11 is 6.17. The van der Waals surface area contributed by atoms with Gasteiger partial charge in [-0.2, -0.15) is 0 Å². The van der Waals surface area contributed by atoms with Crippen LogP contribution in [0.3, 0.4) is 0 Å². The maximum atomic E-state index is 12.6. The van der Waals surface area contributed by atoms with Gasteiger partial charge in [-0.1, -0.05) is 29.8 Å². The molecule has 0 spiro atoms. The largest absolute Gasteiger partial charge is 0.465 e. The van der Waals surface area contributed by atoms with E-state index in [4.69, 9.17) is 16.3 Å². The Bertz CT molecular complexity index is 1220. The van der Waals surface area contributed by atoms with E-state index >= 15 is 0 Å². The third-order valence-corrected chi connectivity index (χ3v) is 5.94. The van der Waals surface area contributed by atoms with Crippen molar-refractivity contribution >= 4 is 34.4 Å². The van der Waals surface area contributed by atoms with Crippen molar-refractivity contribution < 1.29 is 14.3 Å². The molecule has 0 unspecified atom stereocenters. The number of aromatic amines is 1. The van der Waals surface area contributed by atoms with Crippen molar-refractivity contribution in [1.82, 2.24) is 19.8 Å². The summed E-state index contributed by atoms with van der Waals surface area (Å²) in [4.78, 5) is 48.2. The minimum absolute atomic E-state index is 0.0466. The van der Waals surface area contributed by atoms with Crippen LogP contribution in [0.5, 0.6) is 0 Å². The average Bonchev–Trinajstić information content (AvgIpc) is 2.80. The molecule has 2 heterocycles. The van der Waals surface area contributed by atoms with Gasteiger partial charge >= 0.3 is 5.97 Å². The molecule has 1 aliphatic rings. The second kappa shape index (κ2) is 9.50. The maximum Gasteiger partial charge on any atom is 0.337 e. The number of hydrogen-bond acceptors (Lipinski definition) is 6. The number of nitrogens with one attached hydrogen (secondary N) is 1. The van der Waals surface area contributed by atoms with Crippen molar-refractivity contribution in [3.63, 3.8) is 0 Å². The topological polar surface area (TPSA) is 95.6 Å². The average molecular weight is 455 g/mol. The molecule has 4 rings (SSSR count). The van der Waals surface area contributed by atoms with Crippen molar-refractivity contribution in [2.75, 3.05) is 33.3 Å². The van der Waals surface area contributed by atoms with E-state index in [9.17, 15) is 14.4 Å². The monoisotopic (exact) mass is 454 g/mol. The number of fused-ring (bicyclic) bond motifs is 1. The minimum Gasteiger partial charge on any atom is -0.465 e. The van der Waals surface area contributed by atoms with Crippen LogP contribution < -0.4 is 5.56 Å². The fourth-order valence-corrected chi connectivity index (χ4v) is 3.99. The van der Waals surface area contributed by atoms with Gasteiger partial charge in [-0.3, -0.25) is 14.5 Å². The predicted molar refractivity (Wildman–Crippen MR) is 121 cm³/mol. The van der Waals surface area contributed by atoms with Crippen molar-refractivity contribution in [2.24, 2.45) is 0 Å². The van der Waals surface area contributed by atoms with E-state index in [1.807, 2.05) is 23.1 Å². The van der Waals surface area contributed by atoms with Crippen LogP contribution in [-0.4, -0.2) is 64.9 Å². The number of carbonyl (C=O) groups excluding carboxylic acids is 2. The highest BCUT2D eigenvalue weighted by Crippen LogP contribution is 2.17. The lowest BCUT2D eigenvalue weighted by Crippen LogP contribution is -2.49. The summed E-state index contributed by atoms with van der Waals surface area (Å²) in [5, 5.41) is 1.01. The molecular formula is C23H23ClN4O4. The first kappa shape index (κ1) is 22.0. The van der Waals surface area contributed by atoms with E-state index in [-0.39, 0.29) is 17.9 Å². The quantitative estimate of drug-likeness (QED) is 0.594. The van der Waals surface area contributed by atoms with E-state index < -0.39 is 5.97 Å². The number of ether oxygens (including phenoxy) is 1. The highest BCUT2D eigenvalue weighted by atomic mass is 35.5. The van der Waals surface area contributed by atoms with Crippen molar-refractivity contribution in [2.45, 2.75) is 13.0 Å². The van der Waals surface area contributed by atoms with Gasteiger partial charge in [0.2, 0.25) is 5.91 Å². The highest BCUT2D eigenvalue weighted by Gasteiger charge is 2.22. The number of piperazine rings is 1. The van der Waals surface area contributed by atoms with Crippen LogP contribution in [0.15, 0.2) is 47.3 Å².